The number of carbonyl (C=O) groups excluding carboxylic acids is 2. The van der Waals surface area contributed by atoms with E-state index in [-0.39, 0.29) is 17.7 Å². The quantitative estimate of drug-likeness (QED) is 0.912. The average Bonchev–Trinajstić information content (AvgIpc) is 3.36. The maximum atomic E-state index is 12.7. The van der Waals surface area contributed by atoms with Crippen molar-refractivity contribution in [1.29, 1.82) is 0 Å². The average molecular weight is 330 g/mol. The lowest BCUT2D eigenvalue weighted by atomic mass is 9.94. The molecule has 1 aliphatic carbocycles. The Hall–Kier alpha value is -1.85. The van der Waals surface area contributed by atoms with Crippen molar-refractivity contribution < 1.29 is 9.59 Å². The monoisotopic (exact) mass is 330 g/mol. The van der Waals surface area contributed by atoms with Crippen LogP contribution in [0.1, 0.15) is 54.7 Å². The van der Waals surface area contributed by atoms with Crippen LogP contribution in [0.25, 0.3) is 0 Å². The van der Waals surface area contributed by atoms with Gasteiger partial charge in [0.05, 0.1) is 17.9 Å². The van der Waals surface area contributed by atoms with E-state index in [2.05, 4.69) is 10.3 Å². The number of hydrogen-bond acceptors (Lipinski definition) is 3. The number of likely N-dealkylation sites (tertiary alicyclic amines) is 1. The Kier molecular flexibility index (Phi) is 4.29. The molecule has 6 heteroatoms. The zero-order valence-corrected chi connectivity index (χ0v) is 14.2. The highest BCUT2D eigenvalue weighted by Crippen LogP contribution is 2.28. The molecule has 130 valence electrons. The highest BCUT2D eigenvalue weighted by molar-refractivity contribution is 5.93. The molecule has 24 heavy (non-hydrogen) atoms. The van der Waals surface area contributed by atoms with Gasteiger partial charge in [-0.1, -0.05) is 0 Å². The SMILES string of the molecule is O=C(NCC1CC1)c1ncn2c1CCC(C(=O)N1CCCCC1)C2. The summed E-state index contributed by atoms with van der Waals surface area (Å²) in [7, 11) is 0. The minimum absolute atomic E-state index is 0.0344. The predicted molar refractivity (Wildman–Crippen MR) is 89.5 cm³/mol. The number of piperidine rings is 1. The minimum Gasteiger partial charge on any atom is -0.350 e. The lowest BCUT2D eigenvalue weighted by molar-refractivity contribution is -0.137. The van der Waals surface area contributed by atoms with Crippen molar-refractivity contribution in [2.75, 3.05) is 19.6 Å². The van der Waals surface area contributed by atoms with Gasteiger partial charge in [-0.15, -0.1) is 0 Å². The van der Waals surface area contributed by atoms with Crippen LogP contribution in [-0.4, -0.2) is 45.9 Å². The van der Waals surface area contributed by atoms with Crippen LogP contribution in [-0.2, 0) is 17.8 Å². The van der Waals surface area contributed by atoms with Gasteiger partial charge in [0.25, 0.3) is 5.91 Å². The second-order valence-corrected chi connectivity index (χ2v) is 7.47. The molecule has 0 bridgehead atoms. The number of rotatable bonds is 4. The molecule has 4 rings (SSSR count). The number of aromatic nitrogens is 2. The van der Waals surface area contributed by atoms with Crippen molar-refractivity contribution in [2.24, 2.45) is 11.8 Å². The summed E-state index contributed by atoms with van der Waals surface area (Å²) in [6.45, 7) is 3.23. The van der Waals surface area contributed by atoms with Crippen LogP contribution >= 0.6 is 0 Å². The van der Waals surface area contributed by atoms with Gasteiger partial charge >= 0.3 is 0 Å². The minimum atomic E-state index is -0.0588. The molecule has 0 aromatic carbocycles. The second-order valence-electron chi connectivity index (χ2n) is 7.47. The molecular weight excluding hydrogens is 304 g/mol. The first-order valence-electron chi connectivity index (χ1n) is 9.33. The number of amides is 2. The molecule has 1 saturated heterocycles. The fourth-order valence-corrected chi connectivity index (χ4v) is 3.87. The molecular formula is C18H26N4O2. The Morgan fingerprint density at radius 3 is 2.71 bits per heavy atom. The number of carbonyl (C=O) groups is 2. The van der Waals surface area contributed by atoms with Crippen molar-refractivity contribution >= 4 is 11.8 Å². The fraction of sp³-hybridized carbons (Fsp3) is 0.722. The molecule has 2 amide bonds. The smallest absolute Gasteiger partial charge is 0.271 e. The van der Waals surface area contributed by atoms with Gasteiger partial charge in [-0.2, -0.15) is 0 Å². The number of nitrogens with one attached hydrogen (secondary N) is 1. The molecule has 0 radical (unpaired) electrons. The van der Waals surface area contributed by atoms with Crippen molar-refractivity contribution in [1.82, 2.24) is 19.8 Å². The Bertz CT molecular complexity index is 629. The number of imidazole rings is 1. The standard InChI is InChI=1S/C18H26N4O2/c23-17(19-10-13-4-5-13)16-15-7-6-14(11-22(15)12-20-16)18(24)21-8-2-1-3-9-21/h12-14H,1-11H2,(H,19,23). The maximum absolute atomic E-state index is 12.7. The summed E-state index contributed by atoms with van der Waals surface area (Å²) in [5.41, 5.74) is 1.55. The lowest BCUT2D eigenvalue weighted by Crippen LogP contribution is -2.42. The van der Waals surface area contributed by atoms with Crippen LogP contribution in [0.5, 0.6) is 0 Å². The molecule has 1 saturated carbocycles. The fourth-order valence-electron chi connectivity index (χ4n) is 3.87. The number of hydrogen-bond donors (Lipinski definition) is 1. The third kappa shape index (κ3) is 3.19. The van der Waals surface area contributed by atoms with Gasteiger partial charge in [-0.25, -0.2) is 4.98 Å². The summed E-state index contributed by atoms with van der Waals surface area (Å²) in [6.07, 6.45) is 9.25. The van der Waals surface area contributed by atoms with E-state index in [4.69, 9.17) is 0 Å². The van der Waals surface area contributed by atoms with Gasteiger partial charge in [-0.3, -0.25) is 9.59 Å². The number of fused-ring (bicyclic) bond motifs is 1. The van der Waals surface area contributed by atoms with Gasteiger partial charge in [0.1, 0.15) is 5.69 Å². The zero-order valence-electron chi connectivity index (χ0n) is 14.2. The summed E-state index contributed by atoms with van der Waals surface area (Å²) in [5, 5.41) is 2.99. The van der Waals surface area contributed by atoms with Crippen molar-refractivity contribution in [3.8, 4) is 0 Å². The largest absolute Gasteiger partial charge is 0.350 e. The molecule has 2 fully saturated rings. The third-order valence-corrected chi connectivity index (χ3v) is 5.57. The first kappa shape index (κ1) is 15.7. The molecule has 0 spiro atoms. The van der Waals surface area contributed by atoms with Gasteiger partial charge in [0.15, 0.2) is 0 Å². The van der Waals surface area contributed by atoms with Crippen LogP contribution < -0.4 is 5.32 Å². The molecule has 1 unspecified atom stereocenters. The summed E-state index contributed by atoms with van der Waals surface area (Å²) in [4.78, 5) is 31.4. The van der Waals surface area contributed by atoms with Crippen LogP contribution in [0.15, 0.2) is 6.33 Å². The van der Waals surface area contributed by atoms with E-state index >= 15 is 0 Å². The lowest BCUT2D eigenvalue weighted by Gasteiger charge is -2.32. The first-order chi connectivity index (χ1) is 11.7. The van der Waals surface area contributed by atoms with Crippen molar-refractivity contribution in [2.45, 2.75) is 51.5 Å². The highest BCUT2D eigenvalue weighted by Gasteiger charge is 2.32. The third-order valence-electron chi connectivity index (χ3n) is 5.57. The van der Waals surface area contributed by atoms with E-state index in [0.717, 1.165) is 51.0 Å². The van der Waals surface area contributed by atoms with Crippen molar-refractivity contribution in [3.05, 3.63) is 17.7 Å². The summed E-state index contributed by atoms with van der Waals surface area (Å²) in [5.74, 6) is 0.927. The van der Waals surface area contributed by atoms with E-state index in [0.29, 0.717) is 18.2 Å². The molecule has 3 heterocycles. The second kappa shape index (κ2) is 6.57. The summed E-state index contributed by atoms with van der Waals surface area (Å²) in [6, 6.07) is 0. The molecule has 6 nitrogen and oxygen atoms in total. The van der Waals surface area contributed by atoms with E-state index in [1.165, 1.54) is 19.3 Å². The Morgan fingerprint density at radius 2 is 1.96 bits per heavy atom. The van der Waals surface area contributed by atoms with Gasteiger partial charge in [0.2, 0.25) is 5.91 Å². The van der Waals surface area contributed by atoms with Crippen molar-refractivity contribution in [3.63, 3.8) is 0 Å². The van der Waals surface area contributed by atoms with E-state index in [9.17, 15) is 9.59 Å². The van der Waals surface area contributed by atoms with Crippen LogP contribution in [0.3, 0.4) is 0 Å². The van der Waals surface area contributed by atoms with E-state index in [1.807, 2.05) is 9.47 Å². The Morgan fingerprint density at radius 1 is 1.17 bits per heavy atom. The van der Waals surface area contributed by atoms with Crippen LogP contribution in [0.2, 0.25) is 0 Å². The molecule has 1 N–H and O–H groups in total. The molecule has 3 aliphatic rings. The first-order valence-corrected chi connectivity index (χ1v) is 9.33. The predicted octanol–water partition coefficient (Wildman–Crippen LogP) is 1.60. The van der Waals surface area contributed by atoms with E-state index < -0.39 is 0 Å². The molecule has 2 aliphatic heterocycles. The summed E-state index contributed by atoms with van der Waals surface area (Å²) >= 11 is 0. The Labute approximate surface area is 142 Å². The van der Waals surface area contributed by atoms with Gasteiger partial charge < -0.3 is 14.8 Å². The Balaban J connectivity index is 1.40. The van der Waals surface area contributed by atoms with Gasteiger partial charge in [0, 0.05) is 26.2 Å². The topological polar surface area (TPSA) is 67.2 Å². The van der Waals surface area contributed by atoms with Crippen LogP contribution in [0.4, 0.5) is 0 Å². The highest BCUT2D eigenvalue weighted by atomic mass is 16.2. The number of nitrogens with zero attached hydrogens (tertiary/aromatic N) is 3. The molecule has 1 aromatic rings. The maximum Gasteiger partial charge on any atom is 0.271 e. The van der Waals surface area contributed by atoms with Gasteiger partial charge in [-0.05, 0) is 50.9 Å². The van der Waals surface area contributed by atoms with Crippen LogP contribution in [0, 0.1) is 11.8 Å². The normalized spacial score (nSPS) is 23.7. The van der Waals surface area contributed by atoms with E-state index in [1.54, 1.807) is 6.33 Å². The summed E-state index contributed by atoms with van der Waals surface area (Å²) < 4.78 is 2.02. The molecule has 1 aromatic heterocycles. The molecule has 1 atom stereocenters. The zero-order chi connectivity index (χ0) is 16.5.